The van der Waals surface area contributed by atoms with Gasteiger partial charge in [-0.15, -0.1) is 0 Å². The highest BCUT2D eigenvalue weighted by Gasteiger charge is 2.39. The standard InChI is InChI=1S/C27H45N3O4/c1-10-12-17-28-24(31)23(21-15-13-19(5)14-16-21)30(20(6)11-2)25(32)22(18(3)4)29-26(33)34-27(7,8)9/h13-16,18,20,22-23H,10-12,17H2,1-9H3,(H,28,31)(H,29,33). The van der Waals surface area contributed by atoms with Crippen LogP contribution in [0.5, 0.6) is 0 Å². The Bertz CT molecular complexity index is 799. The van der Waals surface area contributed by atoms with E-state index in [-0.39, 0.29) is 23.8 Å². The van der Waals surface area contributed by atoms with Crippen molar-refractivity contribution in [3.05, 3.63) is 35.4 Å². The van der Waals surface area contributed by atoms with Crippen LogP contribution in [0.1, 0.15) is 91.8 Å². The van der Waals surface area contributed by atoms with Crippen molar-refractivity contribution in [1.82, 2.24) is 15.5 Å². The van der Waals surface area contributed by atoms with Crippen molar-refractivity contribution < 1.29 is 19.1 Å². The molecule has 34 heavy (non-hydrogen) atoms. The van der Waals surface area contributed by atoms with Gasteiger partial charge in [0.15, 0.2) is 0 Å². The van der Waals surface area contributed by atoms with E-state index >= 15 is 0 Å². The molecule has 1 aromatic carbocycles. The molecule has 0 aliphatic rings. The van der Waals surface area contributed by atoms with Crippen molar-refractivity contribution in [1.29, 1.82) is 0 Å². The first-order chi connectivity index (χ1) is 15.8. The summed E-state index contributed by atoms with van der Waals surface area (Å²) in [5.41, 5.74) is 1.13. The molecule has 1 rings (SSSR count). The van der Waals surface area contributed by atoms with Crippen molar-refractivity contribution >= 4 is 17.9 Å². The number of hydrogen-bond acceptors (Lipinski definition) is 4. The molecule has 0 aliphatic heterocycles. The number of ether oxygens (including phenoxy) is 1. The number of benzene rings is 1. The number of unbranched alkanes of at least 4 members (excludes halogenated alkanes) is 1. The maximum Gasteiger partial charge on any atom is 0.408 e. The molecule has 0 aromatic heterocycles. The van der Waals surface area contributed by atoms with Gasteiger partial charge in [0.05, 0.1) is 0 Å². The van der Waals surface area contributed by atoms with Crippen molar-refractivity contribution in [3.8, 4) is 0 Å². The van der Waals surface area contributed by atoms with E-state index in [0.717, 1.165) is 24.0 Å². The Morgan fingerprint density at radius 1 is 1.03 bits per heavy atom. The fourth-order valence-corrected chi connectivity index (χ4v) is 3.58. The van der Waals surface area contributed by atoms with Crippen LogP contribution < -0.4 is 10.6 Å². The third kappa shape index (κ3) is 8.99. The number of carbonyl (C=O) groups excluding carboxylic acids is 3. The number of nitrogens with zero attached hydrogens (tertiary/aromatic N) is 1. The monoisotopic (exact) mass is 475 g/mol. The lowest BCUT2D eigenvalue weighted by atomic mass is 9.96. The lowest BCUT2D eigenvalue weighted by Crippen LogP contribution is -2.57. The molecule has 0 saturated carbocycles. The van der Waals surface area contributed by atoms with Crippen LogP contribution in [0.15, 0.2) is 24.3 Å². The Morgan fingerprint density at radius 2 is 1.62 bits per heavy atom. The van der Waals surface area contributed by atoms with E-state index in [2.05, 4.69) is 17.6 Å². The summed E-state index contributed by atoms with van der Waals surface area (Å²) in [6, 6.07) is 5.82. The molecule has 3 amide bonds. The van der Waals surface area contributed by atoms with Gasteiger partial charge in [-0.3, -0.25) is 9.59 Å². The molecule has 192 valence electrons. The van der Waals surface area contributed by atoms with Gasteiger partial charge in [-0.05, 0) is 58.9 Å². The molecule has 7 nitrogen and oxygen atoms in total. The smallest absolute Gasteiger partial charge is 0.408 e. The highest BCUT2D eigenvalue weighted by atomic mass is 16.6. The summed E-state index contributed by atoms with van der Waals surface area (Å²) in [6.07, 6.45) is 1.83. The van der Waals surface area contributed by atoms with Gasteiger partial charge in [0.1, 0.15) is 17.7 Å². The molecule has 3 unspecified atom stereocenters. The van der Waals surface area contributed by atoms with E-state index in [1.54, 1.807) is 25.7 Å². The molecule has 1 aromatic rings. The molecule has 0 fully saturated rings. The number of alkyl carbamates (subject to hydrolysis) is 1. The Kier molecular flexibility index (Phi) is 11.6. The first-order valence-electron chi connectivity index (χ1n) is 12.5. The minimum Gasteiger partial charge on any atom is -0.444 e. The summed E-state index contributed by atoms with van der Waals surface area (Å²) in [6.45, 7) is 17.6. The number of rotatable bonds is 11. The van der Waals surface area contributed by atoms with Gasteiger partial charge in [0.25, 0.3) is 0 Å². The maximum absolute atomic E-state index is 14.0. The highest BCUT2D eigenvalue weighted by Crippen LogP contribution is 2.27. The summed E-state index contributed by atoms with van der Waals surface area (Å²) in [5, 5.41) is 5.76. The summed E-state index contributed by atoms with van der Waals surface area (Å²) >= 11 is 0. The van der Waals surface area contributed by atoms with Gasteiger partial charge in [-0.25, -0.2) is 4.79 Å². The average molecular weight is 476 g/mol. The first kappa shape index (κ1) is 29.5. The van der Waals surface area contributed by atoms with E-state index in [9.17, 15) is 14.4 Å². The molecule has 0 saturated heterocycles. The molecule has 3 atom stereocenters. The van der Waals surface area contributed by atoms with Crippen LogP contribution in [0.4, 0.5) is 4.79 Å². The second-order valence-electron chi connectivity index (χ2n) is 10.3. The zero-order valence-electron chi connectivity index (χ0n) is 22.5. The molecule has 0 radical (unpaired) electrons. The van der Waals surface area contributed by atoms with Crippen LogP contribution in [0, 0.1) is 12.8 Å². The lowest BCUT2D eigenvalue weighted by molar-refractivity contribution is -0.146. The highest BCUT2D eigenvalue weighted by molar-refractivity contribution is 5.92. The summed E-state index contributed by atoms with van der Waals surface area (Å²) in [4.78, 5) is 41.6. The Hall–Kier alpha value is -2.57. The van der Waals surface area contributed by atoms with Gasteiger partial charge in [-0.2, -0.15) is 0 Å². The summed E-state index contributed by atoms with van der Waals surface area (Å²) in [7, 11) is 0. The molecule has 7 heteroatoms. The van der Waals surface area contributed by atoms with Gasteiger partial charge in [-0.1, -0.05) is 63.9 Å². The van der Waals surface area contributed by atoms with Gasteiger partial charge < -0.3 is 20.3 Å². The number of carbonyl (C=O) groups is 3. The molecular weight excluding hydrogens is 430 g/mol. The van der Waals surface area contributed by atoms with Crippen LogP contribution >= 0.6 is 0 Å². The number of amides is 3. The van der Waals surface area contributed by atoms with Crippen molar-refractivity contribution in [3.63, 3.8) is 0 Å². The molecule has 0 bridgehead atoms. The number of nitrogens with one attached hydrogen (secondary N) is 2. The zero-order valence-corrected chi connectivity index (χ0v) is 22.5. The van der Waals surface area contributed by atoms with E-state index in [4.69, 9.17) is 4.74 Å². The van der Waals surface area contributed by atoms with Crippen LogP contribution in [-0.2, 0) is 14.3 Å². The van der Waals surface area contributed by atoms with Crippen molar-refractivity contribution in [2.75, 3.05) is 6.54 Å². The van der Waals surface area contributed by atoms with E-state index in [1.807, 2.05) is 58.9 Å². The second kappa shape index (κ2) is 13.4. The number of aryl methyl sites for hydroxylation is 1. The van der Waals surface area contributed by atoms with E-state index < -0.39 is 23.8 Å². The minimum atomic E-state index is -0.833. The molecule has 0 heterocycles. The Balaban J connectivity index is 3.43. The predicted molar refractivity (Wildman–Crippen MR) is 136 cm³/mol. The minimum absolute atomic E-state index is 0.201. The predicted octanol–water partition coefficient (Wildman–Crippen LogP) is 5.13. The second-order valence-corrected chi connectivity index (χ2v) is 10.3. The molecule has 0 aliphatic carbocycles. The fourth-order valence-electron chi connectivity index (χ4n) is 3.58. The molecule has 0 spiro atoms. The third-order valence-electron chi connectivity index (χ3n) is 5.67. The first-order valence-corrected chi connectivity index (χ1v) is 12.5. The van der Waals surface area contributed by atoms with Crippen LogP contribution in [0.2, 0.25) is 0 Å². The van der Waals surface area contributed by atoms with Crippen molar-refractivity contribution in [2.45, 2.75) is 105 Å². The largest absolute Gasteiger partial charge is 0.444 e. The fraction of sp³-hybridized carbons (Fsp3) is 0.667. The van der Waals surface area contributed by atoms with E-state index in [1.165, 1.54) is 0 Å². The van der Waals surface area contributed by atoms with Gasteiger partial charge in [0, 0.05) is 12.6 Å². The Morgan fingerprint density at radius 3 is 2.09 bits per heavy atom. The van der Waals surface area contributed by atoms with Crippen LogP contribution in [-0.4, -0.2) is 47.0 Å². The quantitative estimate of drug-likeness (QED) is 0.434. The lowest BCUT2D eigenvalue weighted by Gasteiger charge is -2.39. The van der Waals surface area contributed by atoms with Crippen LogP contribution in [0.25, 0.3) is 0 Å². The van der Waals surface area contributed by atoms with E-state index in [0.29, 0.717) is 13.0 Å². The molecular formula is C27H45N3O4. The third-order valence-corrected chi connectivity index (χ3v) is 5.67. The SMILES string of the molecule is CCCCNC(=O)C(c1ccc(C)cc1)N(C(=O)C(NC(=O)OC(C)(C)C)C(C)C)C(C)CC. The van der Waals surface area contributed by atoms with Crippen LogP contribution in [0.3, 0.4) is 0 Å². The van der Waals surface area contributed by atoms with Gasteiger partial charge in [0.2, 0.25) is 11.8 Å². The topological polar surface area (TPSA) is 87.7 Å². The molecule has 2 N–H and O–H groups in total. The summed E-state index contributed by atoms with van der Waals surface area (Å²) in [5.74, 6) is -0.717. The maximum atomic E-state index is 14.0. The normalized spacial score (nSPS) is 14.2. The van der Waals surface area contributed by atoms with Crippen molar-refractivity contribution in [2.24, 2.45) is 5.92 Å². The average Bonchev–Trinajstić information content (AvgIpc) is 2.74. The zero-order chi connectivity index (χ0) is 26.1. The Labute approximate surface area is 206 Å². The van der Waals surface area contributed by atoms with Gasteiger partial charge >= 0.3 is 6.09 Å². The summed E-state index contributed by atoms with van der Waals surface area (Å²) < 4.78 is 5.41. The number of hydrogen-bond donors (Lipinski definition) is 2.